The average Bonchev–Trinajstić information content (AvgIpc) is 2.86. The minimum atomic E-state index is -0.287. The molecule has 1 aromatic rings. The maximum absolute atomic E-state index is 12.3. The van der Waals surface area contributed by atoms with Crippen LogP contribution >= 0.6 is 0 Å². The van der Waals surface area contributed by atoms with Crippen LogP contribution in [0.3, 0.4) is 0 Å². The van der Waals surface area contributed by atoms with Crippen molar-refractivity contribution in [1.29, 1.82) is 0 Å². The SMILES string of the molecule is CCCN(CC(=O)N(C)C)C(=O)c1cn(CCN)nn1. The molecule has 0 radical (unpaired) electrons. The summed E-state index contributed by atoms with van der Waals surface area (Å²) in [5, 5.41) is 7.66. The molecule has 0 saturated heterocycles. The van der Waals surface area contributed by atoms with Crippen LogP contribution in [0.2, 0.25) is 0 Å². The number of likely N-dealkylation sites (N-methyl/N-ethyl adjacent to an activating group) is 1. The summed E-state index contributed by atoms with van der Waals surface area (Å²) in [7, 11) is 3.32. The second kappa shape index (κ2) is 7.59. The van der Waals surface area contributed by atoms with E-state index in [0.717, 1.165) is 6.42 Å². The van der Waals surface area contributed by atoms with E-state index in [-0.39, 0.29) is 24.1 Å². The minimum absolute atomic E-state index is 0.0451. The van der Waals surface area contributed by atoms with Crippen LogP contribution in [-0.2, 0) is 11.3 Å². The Labute approximate surface area is 118 Å². The lowest BCUT2D eigenvalue weighted by molar-refractivity contribution is -0.129. The van der Waals surface area contributed by atoms with E-state index < -0.39 is 0 Å². The van der Waals surface area contributed by atoms with Gasteiger partial charge in [0.25, 0.3) is 5.91 Å². The molecule has 2 N–H and O–H groups in total. The Morgan fingerprint density at radius 1 is 1.40 bits per heavy atom. The molecule has 8 heteroatoms. The number of hydrogen-bond donors (Lipinski definition) is 1. The van der Waals surface area contributed by atoms with Crippen molar-refractivity contribution in [2.24, 2.45) is 5.73 Å². The van der Waals surface area contributed by atoms with Crippen LogP contribution in [0.25, 0.3) is 0 Å². The lowest BCUT2D eigenvalue weighted by atomic mass is 10.3. The van der Waals surface area contributed by atoms with Gasteiger partial charge in [-0.3, -0.25) is 14.3 Å². The van der Waals surface area contributed by atoms with Gasteiger partial charge < -0.3 is 15.5 Å². The van der Waals surface area contributed by atoms with Crippen molar-refractivity contribution in [1.82, 2.24) is 24.8 Å². The van der Waals surface area contributed by atoms with E-state index in [4.69, 9.17) is 5.73 Å². The first-order valence-electron chi connectivity index (χ1n) is 6.59. The number of nitrogens with two attached hydrogens (primary N) is 1. The van der Waals surface area contributed by atoms with Gasteiger partial charge in [0.2, 0.25) is 5.91 Å². The lowest BCUT2D eigenvalue weighted by Crippen LogP contribution is -2.40. The summed E-state index contributed by atoms with van der Waals surface area (Å²) >= 11 is 0. The second-order valence-corrected chi connectivity index (χ2v) is 4.67. The molecule has 0 atom stereocenters. The largest absolute Gasteiger partial charge is 0.347 e. The normalized spacial score (nSPS) is 10.4. The topological polar surface area (TPSA) is 97.4 Å². The molecule has 112 valence electrons. The highest BCUT2D eigenvalue weighted by atomic mass is 16.2. The summed E-state index contributed by atoms with van der Waals surface area (Å²) in [6, 6.07) is 0. The van der Waals surface area contributed by atoms with Crippen LogP contribution in [0.4, 0.5) is 0 Å². The predicted molar refractivity (Wildman–Crippen MR) is 74.0 cm³/mol. The van der Waals surface area contributed by atoms with Gasteiger partial charge in [-0.25, -0.2) is 0 Å². The maximum atomic E-state index is 12.3. The Kier molecular flexibility index (Phi) is 6.10. The van der Waals surface area contributed by atoms with E-state index in [1.807, 2.05) is 6.92 Å². The van der Waals surface area contributed by atoms with E-state index in [9.17, 15) is 9.59 Å². The summed E-state index contributed by atoms with van der Waals surface area (Å²) in [4.78, 5) is 27.0. The molecular formula is C12H22N6O2. The Hall–Kier alpha value is -1.96. The third kappa shape index (κ3) is 4.30. The second-order valence-electron chi connectivity index (χ2n) is 4.67. The van der Waals surface area contributed by atoms with Crippen molar-refractivity contribution in [3.63, 3.8) is 0 Å². The molecule has 8 nitrogen and oxygen atoms in total. The molecule has 1 aromatic heterocycles. The third-order valence-electron chi connectivity index (χ3n) is 2.72. The van der Waals surface area contributed by atoms with Gasteiger partial charge in [-0.05, 0) is 6.42 Å². The Morgan fingerprint density at radius 2 is 2.10 bits per heavy atom. The highest BCUT2D eigenvalue weighted by molar-refractivity contribution is 5.94. The smallest absolute Gasteiger partial charge is 0.276 e. The maximum Gasteiger partial charge on any atom is 0.276 e. The fourth-order valence-corrected chi connectivity index (χ4v) is 1.63. The van der Waals surface area contributed by atoms with Crippen molar-refractivity contribution < 1.29 is 9.59 Å². The first-order valence-corrected chi connectivity index (χ1v) is 6.59. The van der Waals surface area contributed by atoms with Crippen molar-refractivity contribution in [2.75, 3.05) is 33.7 Å². The summed E-state index contributed by atoms with van der Waals surface area (Å²) in [5.74, 6) is -0.411. The molecule has 0 aromatic carbocycles. The van der Waals surface area contributed by atoms with E-state index in [1.54, 1.807) is 20.3 Å². The fraction of sp³-hybridized carbons (Fsp3) is 0.667. The van der Waals surface area contributed by atoms with E-state index in [2.05, 4.69) is 10.3 Å². The summed E-state index contributed by atoms with van der Waals surface area (Å²) in [6.45, 7) is 3.43. The van der Waals surface area contributed by atoms with Gasteiger partial charge in [-0.1, -0.05) is 12.1 Å². The van der Waals surface area contributed by atoms with Gasteiger partial charge >= 0.3 is 0 Å². The predicted octanol–water partition coefficient (Wildman–Crippen LogP) is -0.823. The molecule has 0 unspecified atom stereocenters. The standard InChI is InChI=1S/C12H22N6O2/c1-4-6-17(9-11(19)16(2)3)12(20)10-8-18(7-5-13)15-14-10/h8H,4-7,9,13H2,1-3H3. The molecule has 0 bridgehead atoms. The van der Waals surface area contributed by atoms with E-state index in [0.29, 0.717) is 19.6 Å². The van der Waals surface area contributed by atoms with E-state index in [1.165, 1.54) is 14.5 Å². The molecule has 0 aliphatic rings. The molecule has 0 fully saturated rings. The number of rotatable bonds is 7. The zero-order valence-electron chi connectivity index (χ0n) is 12.2. The van der Waals surface area contributed by atoms with Gasteiger partial charge in [-0.15, -0.1) is 5.10 Å². The molecule has 2 amide bonds. The average molecular weight is 282 g/mol. The third-order valence-corrected chi connectivity index (χ3v) is 2.72. The van der Waals surface area contributed by atoms with Crippen LogP contribution in [0.1, 0.15) is 23.8 Å². The number of aromatic nitrogens is 3. The fourth-order valence-electron chi connectivity index (χ4n) is 1.63. The Morgan fingerprint density at radius 3 is 2.65 bits per heavy atom. The van der Waals surface area contributed by atoms with Gasteiger partial charge in [-0.2, -0.15) is 0 Å². The zero-order valence-corrected chi connectivity index (χ0v) is 12.2. The van der Waals surface area contributed by atoms with Gasteiger partial charge in [0.1, 0.15) is 6.54 Å². The molecule has 1 rings (SSSR count). The molecular weight excluding hydrogens is 260 g/mol. The van der Waals surface area contributed by atoms with E-state index >= 15 is 0 Å². The zero-order chi connectivity index (χ0) is 15.1. The summed E-state index contributed by atoms with van der Waals surface area (Å²) in [6.07, 6.45) is 2.32. The quantitative estimate of drug-likeness (QED) is 0.704. The first kappa shape index (κ1) is 16.1. The van der Waals surface area contributed by atoms with Crippen LogP contribution < -0.4 is 5.73 Å². The number of hydrogen-bond acceptors (Lipinski definition) is 5. The molecule has 0 saturated carbocycles. The van der Waals surface area contributed by atoms with Crippen LogP contribution in [0.15, 0.2) is 6.20 Å². The van der Waals surface area contributed by atoms with Gasteiger partial charge in [0, 0.05) is 27.2 Å². The number of carbonyl (C=O) groups excluding carboxylic acids is 2. The highest BCUT2D eigenvalue weighted by Crippen LogP contribution is 2.03. The molecule has 1 heterocycles. The highest BCUT2D eigenvalue weighted by Gasteiger charge is 2.21. The number of amides is 2. The number of carbonyl (C=O) groups is 2. The Bertz CT molecular complexity index is 457. The van der Waals surface area contributed by atoms with Gasteiger partial charge in [0.15, 0.2) is 5.69 Å². The molecule has 0 spiro atoms. The first-order chi connectivity index (χ1) is 9.49. The van der Waals surface area contributed by atoms with Crippen molar-refractivity contribution >= 4 is 11.8 Å². The monoisotopic (exact) mass is 282 g/mol. The van der Waals surface area contributed by atoms with Crippen molar-refractivity contribution in [3.05, 3.63) is 11.9 Å². The summed E-state index contributed by atoms with van der Waals surface area (Å²) < 4.78 is 1.52. The van der Waals surface area contributed by atoms with Crippen LogP contribution in [0.5, 0.6) is 0 Å². The van der Waals surface area contributed by atoms with Crippen LogP contribution in [0, 0.1) is 0 Å². The molecule has 0 aliphatic heterocycles. The van der Waals surface area contributed by atoms with Crippen molar-refractivity contribution in [3.8, 4) is 0 Å². The van der Waals surface area contributed by atoms with Crippen LogP contribution in [-0.4, -0.2) is 70.3 Å². The molecule has 20 heavy (non-hydrogen) atoms. The van der Waals surface area contributed by atoms with Gasteiger partial charge in [0.05, 0.1) is 12.7 Å². The summed E-state index contributed by atoms with van der Waals surface area (Å²) in [5.41, 5.74) is 5.65. The number of nitrogens with zero attached hydrogens (tertiary/aromatic N) is 5. The molecule has 0 aliphatic carbocycles. The Balaban J connectivity index is 2.78. The lowest BCUT2D eigenvalue weighted by Gasteiger charge is -2.22. The van der Waals surface area contributed by atoms with Crippen molar-refractivity contribution in [2.45, 2.75) is 19.9 Å². The minimum Gasteiger partial charge on any atom is -0.347 e.